The van der Waals surface area contributed by atoms with Crippen molar-refractivity contribution in [2.75, 3.05) is 11.9 Å². The molecule has 2 rings (SSSR count). The third-order valence-corrected chi connectivity index (χ3v) is 3.38. The summed E-state index contributed by atoms with van der Waals surface area (Å²) < 4.78 is 0. The third kappa shape index (κ3) is 2.16. The number of hydrogen-bond acceptors (Lipinski definition) is 4. The molecule has 0 bridgehead atoms. The molecule has 1 aliphatic carbocycles. The molecule has 1 aromatic rings. The van der Waals surface area contributed by atoms with Crippen LogP contribution in [0.2, 0.25) is 0 Å². The number of anilines is 1. The Morgan fingerprint density at radius 3 is 2.75 bits per heavy atom. The molecule has 0 saturated heterocycles. The van der Waals surface area contributed by atoms with Gasteiger partial charge in [0.25, 0.3) is 0 Å². The first-order chi connectivity index (χ1) is 7.55. The Balaban J connectivity index is 2.21. The number of rotatable bonds is 4. The Morgan fingerprint density at radius 1 is 1.50 bits per heavy atom. The fraction of sp³-hybridized carbons (Fsp3) is 0.667. The molecule has 1 fully saturated rings. The van der Waals surface area contributed by atoms with Crippen molar-refractivity contribution < 1.29 is 0 Å². The molecule has 0 aromatic carbocycles. The van der Waals surface area contributed by atoms with Crippen LogP contribution < -0.4 is 11.1 Å². The lowest BCUT2D eigenvalue weighted by atomic mass is 9.96. The van der Waals surface area contributed by atoms with Crippen molar-refractivity contribution in [2.45, 2.75) is 39.2 Å². The molecular weight excluding hydrogens is 200 g/mol. The number of aromatic nitrogens is 2. The average molecular weight is 220 g/mol. The molecule has 1 heterocycles. The van der Waals surface area contributed by atoms with Crippen molar-refractivity contribution in [2.24, 2.45) is 11.7 Å². The molecule has 0 radical (unpaired) electrons. The lowest BCUT2D eigenvalue weighted by molar-refractivity contribution is 0.457. The highest BCUT2D eigenvalue weighted by Crippen LogP contribution is 2.40. The average Bonchev–Trinajstić information content (AvgIpc) is 3.07. The Bertz CT molecular complexity index is 387. The van der Waals surface area contributed by atoms with E-state index in [0.717, 1.165) is 17.2 Å². The molecule has 88 valence electrons. The lowest BCUT2D eigenvalue weighted by Gasteiger charge is -2.30. The van der Waals surface area contributed by atoms with E-state index >= 15 is 0 Å². The summed E-state index contributed by atoms with van der Waals surface area (Å²) in [6.07, 6.45) is 4.31. The Hall–Kier alpha value is -1.16. The van der Waals surface area contributed by atoms with Crippen LogP contribution >= 0.6 is 0 Å². The minimum atomic E-state index is -0.0345. The molecule has 3 N–H and O–H groups in total. The van der Waals surface area contributed by atoms with Crippen molar-refractivity contribution in [1.82, 2.24) is 9.97 Å². The molecule has 0 amide bonds. The predicted molar refractivity (Wildman–Crippen MR) is 65.3 cm³/mol. The summed E-state index contributed by atoms with van der Waals surface area (Å²) in [5, 5.41) is 3.48. The first-order valence-corrected chi connectivity index (χ1v) is 5.83. The van der Waals surface area contributed by atoms with Gasteiger partial charge in [0, 0.05) is 12.7 Å². The summed E-state index contributed by atoms with van der Waals surface area (Å²) in [5.74, 6) is 1.55. The molecule has 16 heavy (non-hydrogen) atoms. The molecule has 0 spiro atoms. The van der Waals surface area contributed by atoms with E-state index < -0.39 is 0 Å². The van der Waals surface area contributed by atoms with Crippen molar-refractivity contribution in [3.05, 3.63) is 17.6 Å². The van der Waals surface area contributed by atoms with Gasteiger partial charge in [0.2, 0.25) is 0 Å². The van der Waals surface area contributed by atoms with Gasteiger partial charge in [-0.15, -0.1) is 0 Å². The maximum absolute atomic E-state index is 5.87. The van der Waals surface area contributed by atoms with Gasteiger partial charge in [0.15, 0.2) is 0 Å². The zero-order valence-electron chi connectivity index (χ0n) is 10.2. The minimum Gasteiger partial charge on any atom is -0.362 e. The van der Waals surface area contributed by atoms with Gasteiger partial charge in [-0.25, -0.2) is 4.98 Å². The zero-order chi connectivity index (χ0) is 11.8. The first-order valence-electron chi connectivity index (χ1n) is 5.83. The van der Waals surface area contributed by atoms with Crippen molar-refractivity contribution in [3.8, 4) is 0 Å². The summed E-state index contributed by atoms with van der Waals surface area (Å²) in [6, 6.07) is 0. The minimum absolute atomic E-state index is 0.0345. The second-order valence-electron chi connectivity index (χ2n) is 4.97. The molecule has 0 aliphatic heterocycles. The van der Waals surface area contributed by atoms with Gasteiger partial charge >= 0.3 is 0 Å². The van der Waals surface area contributed by atoms with Gasteiger partial charge in [-0.3, -0.25) is 4.98 Å². The second-order valence-corrected chi connectivity index (χ2v) is 4.97. The standard InChI is InChI=1S/C12H20N4/c1-8-6-14-9(2)11(15-8)16-12(3,7-13)10-4-5-10/h6,10H,4-5,7,13H2,1-3H3,(H,15,16). The second kappa shape index (κ2) is 4.01. The van der Waals surface area contributed by atoms with Crippen LogP contribution in [0.1, 0.15) is 31.2 Å². The summed E-state index contributed by atoms with van der Waals surface area (Å²) >= 11 is 0. The first kappa shape index (κ1) is 11.3. The van der Waals surface area contributed by atoms with E-state index in [0.29, 0.717) is 12.5 Å². The summed E-state index contributed by atoms with van der Waals surface area (Å²) in [4.78, 5) is 8.80. The molecule has 1 atom stereocenters. The monoisotopic (exact) mass is 220 g/mol. The quantitative estimate of drug-likeness (QED) is 0.809. The Kier molecular flexibility index (Phi) is 2.84. The van der Waals surface area contributed by atoms with Crippen LogP contribution in [-0.4, -0.2) is 22.1 Å². The number of nitrogens with one attached hydrogen (secondary N) is 1. The van der Waals surface area contributed by atoms with Gasteiger partial charge in [-0.1, -0.05) is 0 Å². The van der Waals surface area contributed by atoms with Gasteiger partial charge in [-0.05, 0) is 39.5 Å². The molecule has 4 nitrogen and oxygen atoms in total. The molecular formula is C12H20N4. The number of nitrogens with zero attached hydrogens (tertiary/aromatic N) is 2. The normalized spacial score (nSPS) is 19.2. The summed E-state index contributed by atoms with van der Waals surface area (Å²) in [7, 11) is 0. The summed E-state index contributed by atoms with van der Waals surface area (Å²) in [6.45, 7) is 6.73. The van der Waals surface area contributed by atoms with E-state index in [9.17, 15) is 0 Å². The third-order valence-electron chi connectivity index (χ3n) is 3.38. The van der Waals surface area contributed by atoms with Crippen molar-refractivity contribution in [1.29, 1.82) is 0 Å². The number of hydrogen-bond donors (Lipinski definition) is 2. The highest BCUT2D eigenvalue weighted by atomic mass is 15.1. The fourth-order valence-electron chi connectivity index (χ4n) is 1.97. The topological polar surface area (TPSA) is 63.8 Å². The number of aryl methyl sites for hydroxylation is 2. The van der Waals surface area contributed by atoms with E-state index in [1.807, 2.05) is 13.8 Å². The SMILES string of the molecule is Cc1cnc(C)c(NC(C)(CN)C2CC2)n1. The van der Waals surface area contributed by atoms with Gasteiger partial charge in [0.1, 0.15) is 5.82 Å². The fourth-order valence-corrected chi connectivity index (χ4v) is 1.97. The molecule has 1 aliphatic rings. The summed E-state index contributed by atoms with van der Waals surface area (Å²) in [5.41, 5.74) is 7.71. The van der Waals surface area contributed by atoms with E-state index in [1.54, 1.807) is 6.20 Å². The van der Waals surface area contributed by atoms with Gasteiger partial charge in [-0.2, -0.15) is 0 Å². The van der Waals surface area contributed by atoms with Crippen LogP contribution in [0.15, 0.2) is 6.20 Å². The predicted octanol–water partition coefficient (Wildman–Crippen LogP) is 1.63. The maximum Gasteiger partial charge on any atom is 0.148 e. The number of nitrogens with two attached hydrogens (primary N) is 1. The van der Waals surface area contributed by atoms with Gasteiger partial charge in [0.05, 0.1) is 16.9 Å². The maximum atomic E-state index is 5.87. The zero-order valence-corrected chi connectivity index (χ0v) is 10.2. The van der Waals surface area contributed by atoms with Gasteiger partial charge < -0.3 is 11.1 Å². The molecule has 1 saturated carbocycles. The van der Waals surface area contributed by atoms with E-state index in [4.69, 9.17) is 5.73 Å². The largest absolute Gasteiger partial charge is 0.362 e. The van der Waals surface area contributed by atoms with Crippen LogP contribution in [0.25, 0.3) is 0 Å². The van der Waals surface area contributed by atoms with E-state index in [1.165, 1.54) is 12.8 Å². The van der Waals surface area contributed by atoms with Crippen LogP contribution in [0, 0.1) is 19.8 Å². The van der Waals surface area contributed by atoms with Crippen molar-refractivity contribution in [3.63, 3.8) is 0 Å². The van der Waals surface area contributed by atoms with E-state index in [-0.39, 0.29) is 5.54 Å². The van der Waals surface area contributed by atoms with Crippen LogP contribution in [-0.2, 0) is 0 Å². The molecule has 4 heteroatoms. The van der Waals surface area contributed by atoms with Crippen LogP contribution in [0.3, 0.4) is 0 Å². The van der Waals surface area contributed by atoms with Crippen LogP contribution in [0.5, 0.6) is 0 Å². The molecule has 1 aromatic heterocycles. The Morgan fingerprint density at radius 2 is 2.19 bits per heavy atom. The smallest absolute Gasteiger partial charge is 0.148 e. The van der Waals surface area contributed by atoms with E-state index in [2.05, 4.69) is 22.2 Å². The Labute approximate surface area is 96.7 Å². The highest BCUT2D eigenvalue weighted by molar-refractivity contribution is 5.43. The lowest BCUT2D eigenvalue weighted by Crippen LogP contribution is -2.45. The van der Waals surface area contributed by atoms with Crippen LogP contribution in [0.4, 0.5) is 5.82 Å². The highest BCUT2D eigenvalue weighted by Gasteiger charge is 2.40. The molecule has 1 unspecified atom stereocenters. The van der Waals surface area contributed by atoms with Crippen molar-refractivity contribution >= 4 is 5.82 Å².